The maximum atomic E-state index is 9.57. The summed E-state index contributed by atoms with van der Waals surface area (Å²) in [6.45, 7) is 0. The normalized spacial score (nSPS) is 11.2. The van der Waals surface area contributed by atoms with Gasteiger partial charge < -0.3 is 24.2 Å². The largest absolute Gasteiger partial charge is 0.488 e. The Bertz CT molecular complexity index is 6280. The predicted molar refractivity (Wildman–Crippen MR) is 461 cm³/mol. The fourth-order valence-electron chi connectivity index (χ4n) is 14.7. The van der Waals surface area contributed by atoms with Crippen molar-refractivity contribution >= 4 is 110 Å². The Morgan fingerprint density at radius 2 is 0.673 bits per heavy atom. The van der Waals surface area contributed by atoms with Gasteiger partial charge in [-0.15, -0.1) is 0 Å². The summed E-state index contributed by atoms with van der Waals surface area (Å²) >= 11 is 7.02. The maximum Gasteiger partial charge on any atom is 0.488 e. The number of H-pyrrole nitrogens is 1. The van der Waals surface area contributed by atoms with Gasteiger partial charge in [0.05, 0.1) is 33.5 Å². The van der Waals surface area contributed by atoms with Gasteiger partial charge in [-0.2, -0.15) is 0 Å². The van der Waals surface area contributed by atoms with E-state index in [9.17, 15) is 10.0 Å². The number of fused-ring (bicyclic) bond motifs is 12. The minimum Gasteiger partial charge on any atom is -0.423 e. The first-order valence-electron chi connectivity index (χ1n) is 35.2. The minimum absolute atomic E-state index is 0. The van der Waals surface area contributed by atoms with E-state index in [1.54, 1.807) is 6.07 Å². The topological polar surface area (TPSA) is 79.0 Å². The maximum absolute atomic E-state index is 9.57. The van der Waals surface area contributed by atoms with E-state index in [0.29, 0.717) is 5.46 Å². The van der Waals surface area contributed by atoms with Crippen molar-refractivity contribution in [2.75, 3.05) is 0 Å². The molecule has 516 valence electrons. The van der Waals surface area contributed by atoms with Crippen LogP contribution in [-0.4, -0.2) is 36.3 Å². The third-order valence-electron chi connectivity index (χ3n) is 19.9. The summed E-state index contributed by atoms with van der Waals surface area (Å²) in [5, 5.41) is 26.3. The number of pyridine rings is 1. The molecule has 0 atom stereocenters. The van der Waals surface area contributed by atoms with Crippen molar-refractivity contribution in [3.8, 4) is 89.5 Å². The SMILES string of the molecule is Brc1ccc(-c2cc(-c3ccccc3)cc(-c3ccccc3)n2)cc1.Brc1ccc2c(c1)-c1ccccc1C2.C.C.OB(O)c1ccc2c(c1)c1ccccc1n2-c1ccc(-c2ccccc2)cc1.c1ccc(-c2ccc(-n3c4ccccc4c4cc(-c5ccc6[nH]c7ccccc7c6c5)ccc43)cc2)cc1. The molecule has 0 saturated carbocycles. The second kappa shape index (κ2) is 31.2. The van der Waals surface area contributed by atoms with Gasteiger partial charge in [0, 0.05) is 74.8 Å². The van der Waals surface area contributed by atoms with Crippen LogP contribution in [0.4, 0.5) is 0 Å². The Balaban J connectivity index is 0.000000119. The number of halogens is 2. The lowest BCUT2D eigenvalue weighted by atomic mass is 9.80. The van der Waals surface area contributed by atoms with Crippen molar-refractivity contribution in [2.24, 2.45) is 0 Å². The molecule has 3 N–H and O–H groups in total. The standard InChI is InChI=1S/C36H24N2.C24H18BNO2.C23H16BrN.C13H9Br.2CH4/c1-2-8-24(9-3-1)25-14-18-28(19-15-25)38-35-13-7-5-11-30(35)32-23-27(17-21-36(32)38)26-16-20-34-31(22-26)29-10-4-6-12-33(29)37-34;27-25(28)19-12-15-24-22(16-19)21-8-4-5-9-23(21)26(24)20-13-10-18(11-14-20)17-6-2-1-3-7-17;24-21-13-11-19(12-14-21)23-16-20(17-7-3-1-4-8-17)15-22(25-23)18-9-5-2-6-10-18;14-11-6-5-10-7-9-3-1-2-4-12(9)13(10)8-11;;/h1-23,37H;1-16,27-28H;1-16H;1-6,8H,7H2;2*1H4. The zero-order valence-electron chi connectivity index (χ0n) is 57.1. The summed E-state index contributed by atoms with van der Waals surface area (Å²) in [6.07, 6.45) is 1.08. The number of hydrogen-bond acceptors (Lipinski definition) is 3. The van der Waals surface area contributed by atoms with Crippen LogP contribution in [-0.2, 0) is 6.42 Å². The van der Waals surface area contributed by atoms with Crippen LogP contribution in [0.5, 0.6) is 0 Å². The highest BCUT2D eigenvalue weighted by Gasteiger charge is 2.20. The number of benzene rings is 15. The highest BCUT2D eigenvalue weighted by atomic mass is 79.9. The lowest BCUT2D eigenvalue weighted by molar-refractivity contribution is 0.426. The second-order valence-electron chi connectivity index (χ2n) is 26.3. The molecule has 19 aromatic rings. The van der Waals surface area contributed by atoms with Crippen LogP contribution >= 0.6 is 31.9 Å². The quantitative estimate of drug-likeness (QED) is 0.126. The molecule has 6 nitrogen and oxygen atoms in total. The first-order chi connectivity index (χ1) is 51.7. The zero-order chi connectivity index (χ0) is 70.7. The molecule has 0 radical (unpaired) electrons. The third-order valence-corrected chi connectivity index (χ3v) is 20.9. The van der Waals surface area contributed by atoms with Crippen LogP contribution in [0.2, 0.25) is 0 Å². The third kappa shape index (κ3) is 14.5. The number of aromatic amines is 1. The van der Waals surface area contributed by atoms with Gasteiger partial charge in [-0.05, 0) is 188 Å². The highest BCUT2D eigenvalue weighted by Crippen LogP contribution is 2.41. The number of nitrogens with zero attached hydrogens (tertiary/aromatic N) is 3. The molecule has 0 bridgehead atoms. The van der Waals surface area contributed by atoms with Gasteiger partial charge >= 0.3 is 7.12 Å². The number of nitrogens with one attached hydrogen (secondary N) is 1. The summed E-state index contributed by atoms with van der Waals surface area (Å²) < 4.78 is 6.82. The van der Waals surface area contributed by atoms with Crippen LogP contribution in [0.25, 0.3) is 155 Å². The summed E-state index contributed by atoms with van der Waals surface area (Å²) in [5.74, 6) is 0. The van der Waals surface area contributed by atoms with Crippen LogP contribution in [0.15, 0.2) is 385 Å². The summed E-state index contributed by atoms with van der Waals surface area (Å²) in [6, 6.07) is 131. The van der Waals surface area contributed by atoms with Gasteiger partial charge in [0.1, 0.15) is 0 Å². The van der Waals surface area contributed by atoms with E-state index in [1.807, 2.05) is 78.9 Å². The van der Waals surface area contributed by atoms with Crippen LogP contribution in [0.1, 0.15) is 26.0 Å². The van der Waals surface area contributed by atoms with Crippen molar-refractivity contribution in [3.63, 3.8) is 0 Å². The van der Waals surface area contributed by atoms with E-state index in [0.717, 1.165) is 65.4 Å². The van der Waals surface area contributed by atoms with Gasteiger partial charge in [0.2, 0.25) is 0 Å². The highest BCUT2D eigenvalue weighted by molar-refractivity contribution is 9.10. The van der Waals surface area contributed by atoms with Crippen molar-refractivity contribution in [2.45, 2.75) is 21.3 Å². The van der Waals surface area contributed by atoms with Gasteiger partial charge in [-0.1, -0.05) is 314 Å². The molecule has 4 heterocycles. The molecule has 107 heavy (non-hydrogen) atoms. The monoisotopic (exact) mass is 1510 g/mol. The molecule has 4 aromatic heterocycles. The minimum atomic E-state index is -1.48. The molecular weight excluding hydrogens is 1440 g/mol. The van der Waals surface area contributed by atoms with E-state index in [-0.39, 0.29) is 14.9 Å². The van der Waals surface area contributed by atoms with Gasteiger partial charge in [0.15, 0.2) is 0 Å². The molecule has 0 fully saturated rings. The lowest BCUT2D eigenvalue weighted by Gasteiger charge is -2.10. The molecular formula is C98H75BBr2N4O2. The van der Waals surface area contributed by atoms with E-state index in [2.05, 4.69) is 337 Å². The molecule has 0 amide bonds. The molecule has 1 aliphatic carbocycles. The first kappa shape index (κ1) is 70.5. The molecule has 20 rings (SSSR count). The fourth-order valence-corrected chi connectivity index (χ4v) is 15.3. The van der Waals surface area contributed by atoms with Gasteiger partial charge in [0.25, 0.3) is 0 Å². The van der Waals surface area contributed by atoms with E-state index < -0.39 is 7.12 Å². The van der Waals surface area contributed by atoms with Crippen LogP contribution in [0.3, 0.4) is 0 Å². The average Bonchev–Trinajstić information content (AvgIpc) is 1.61. The molecule has 9 heteroatoms. The van der Waals surface area contributed by atoms with Crippen molar-refractivity contribution < 1.29 is 10.0 Å². The Hall–Kier alpha value is -12.2. The lowest BCUT2D eigenvalue weighted by Crippen LogP contribution is -2.29. The van der Waals surface area contributed by atoms with Crippen molar-refractivity contribution in [3.05, 3.63) is 396 Å². The second-order valence-corrected chi connectivity index (χ2v) is 28.2. The average molecular weight is 1510 g/mol. The molecule has 0 spiro atoms. The number of hydrogen-bond donors (Lipinski definition) is 3. The Labute approximate surface area is 641 Å². The smallest absolute Gasteiger partial charge is 0.423 e. The van der Waals surface area contributed by atoms with Gasteiger partial charge in [-0.25, -0.2) is 4.98 Å². The van der Waals surface area contributed by atoms with Gasteiger partial charge in [-0.3, -0.25) is 0 Å². The molecule has 1 aliphatic rings. The van der Waals surface area contributed by atoms with E-state index in [1.165, 1.54) is 116 Å². The number of para-hydroxylation sites is 3. The Morgan fingerprint density at radius 3 is 1.24 bits per heavy atom. The van der Waals surface area contributed by atoms with Crippen molar-refractivity contribution in [1.82, 2.24) is 19.1 Å². The Kier molecular flexibility index (Phi) is 20.6. The predicted octanol–water partition coefficient (Wildman–Crippen LogP) is 26.0. The summed E-state index contributed by atoms with van der Waals surface area (Å²) in [5.41, 5.74) is 29.2. The zero-order valence-corrected chi connectivity index (χ0v) is 60.2. The molecule has 0 saturated heterocycles. The number of rotatable bonds is 9. The summed E-state index contributed by atoms with van der Waals surface area (Å²) in [7, 11) is -1.48. The van der Waals surface area contributed by atoms with Crippen molar-refractivity contribution in [1.29, 1.82) is 0 Å². The molecule has 0 unspecified atom stereocenters. The van der Waals surface area contributed by atoms with E-state index in [4.69, 9.17) is 4.98 Å². The van der Waals surface area contributed by atoms with E-state index >= 15 is 0 Å². The first-order valence-corrected chi connectivity index (χ1v) is 36.8. The number of aromatic nitrogens is 4. The van der Waals surface area contributed by atoms with Crippen LogP contribution in [0, 0.1) is 0 Å². The summed E-state index contributed by atoms with van der Waals surface area (Å²) in [4.78, 5) is 8.46. The Morgan fingerprint density at radius 1 is 0.280 bits per heavy atom. The molecule has 0 aliphatic heterocycles. The van der Waals surface area contributed by atoms with Crippen LogP contribution < -0.4 is 5.46 Å². The fraction of sp³-hybridized carbons (Fsp3) is 0.0306. The molecule has 15 aromatic carbocycles.